The summed E-state index contributed by atoms with van der Waals surface area (Å²) < 4.78 is 33.2. The lowest BCUT2D eigenvalue weighted by atomic mass is 10.2. The zero-order valence-corrected chi connectivity index (χ0v) is 13.6. The quantitative estimate of drug-likeness (QED) is 0.548. The van der Waals surface area contributed by atoms with Crippen LogP contribution in [0.2, 0.25) is 0 Å². The molecule has 1 N–H and O–H groups in total. The first kappa shape index (κ1) is 16.9. The molecule has 0 radical (unpaired) electrons. The smallest absolute Gasteiger partial charge is 0.212 e. The summed E-state index contributed by atoms with van der Waals surface area (Å²) in [6.45, 7) is 1.82. The van der Waals surface area contributed by atoms with Crippen LogP contribution in [0.1, 0.15) is 5.56 Å². The normalized spacial score (nSPS) is 10.9. The van der Waals surface area contributed by atoms with Gasteiger partial charge in [0.15, 0.2) is 6.20 Å². The number of pyridine rings is 1. The second kappa shape index (κ2) is 6.76. The summed E-state index contributed by atoms with van der Waals surface area (Å²) in [6.07, 6.45) is 1.99. The van der Waals surface area contributed by atoms with Gasteiger partial charge in [0.05, 0.1) is 4.90 Å². The molecule has 0 atom stereocenters. The van der Waals surface area contributed by atoms with Crippen molar-refractivity contribution in [2.24, 2.45) is 7.05 Å². The minimum Gasteiger partial charge on any atom is -0.744 e. The monoisotopic (exact) mass is 331 g/mol. The number of phenolic OH excluding ortho intramolecular Hbond substituents is 1. The summed E-state index contributed by atoms with van der Waals surface area (Å²) in [5, 5.41) is 10.3. The Morgan fingerprint density at radius 1 is 1.04 bits per heavy atom. The molecule has 3 aromatic rings. The summed E-state index contributed by atoms with van der Waals surface area (Å²) >= 11 is 0. The molecule has 0 saturated carbocycles. The molecule has 0 saturated heterocycles. The number of nitrogens with zero attached hydrogens (tertiary/aromatic N) is 1. The van der Waals surface area contributed by atoms with Gasteiger partial charge in [-0.3, -0.25) is 0 Å². The van der Waals surface area contributed by atoms with E-state index < -0.39 is 10.1 Å². The van der Waals surface area contributed by atoms with E-state index in [2.05, 4.69) is 0 Å². The Morgan fingerprint density at radius 3 is 2.30 bits per heavy atom. The Balaban J connectivity index is 0.000000168. The van der Waals surface area contributed by atoms with Gasteiger partial charge in [-0.2, -0.15) is 0 Å². The van der Waals surface area contributed by atoms with Crippen molar-refractivity contribution in [1.82, 2.24) is 0 Å². The van der Waals surface area contributed by atoms with Crippen LogP contribution in [0.3, 0.4) is 0 Å². The number of benzene rings is 2. The molecule has 1 aromatic heterocycles. The maximum atomic E-state index is 10.4. The summed E-state index contributed by atoms with van der Waals surface area (Å²) in [5.41, 5.74) is 2.05. The molecule has 23 heavy (non-hydrogen) atoms. The summed E-state index contributed by atoms with van der Waals surface area (Å²) in [7, 11) is -2.28. The van der Waals surface area contributed by atoms with Crippen molar-refractivity contribution < 1.29 is 22.6 Å². The molecular formula is C17H17NO4S. The van der Waals surface area contributed by atoms with Crippen molar-refractivity contribution in [3.8, 4) is 5.75 Å². The van der Waals surface area contributed by atoms with Gasteiger partial charge in [0, 0.05) is 17.5 Å². The molecule has 0 aliphatic carbocycles. The lowest BCUT2D eigenvalue weighted by Crippen LogP contribution is -2.27. The fourth-order valence-corrected chi connectivity index (χ4v) is 2.53. The van der Waals surface area contributed by atoms with Gasteiger partial charge in [-0.1, -0.05) is 17.7 Å². The first-order chi connectivity index (χ1) is 10.8. The van der Waals surface area contributed by atoms with Crippen molar-refractivity contribution in [2.45, 2.75) is 11.8 Å². The van der Waals surface area contributed by atoms with Crippen molar-refractivity contribution in [3.63, 3.8) is 0 Å². The van der Waals surface area contributed by atoms with Crippen LogP contribution in [0, 0.1) is 6.92 Å². The third-order valence-electron chi connectivity index (χ3n) is 3.29. The van der Waals surface area contributed by atoms with E-state index in [9.17, 15) is 18.1 Å². The van der Waals surface area contributed by atoms with Crippen molar-refractivity contribution in [2.75, 3.05) is 0 Å². The van der Waals surface area contributed by atoms with Crippen LogP contribution < -0.4 is 4.57 Å². The van der Waals surface area contributed by atoms with E-state index in [0.717, 1.165) is 16.5 Å². The molecule has 2 aromatic carbocycles. The van der Waals surface area contributed by atoms with Crippen molar-refractivity contribution >= 4 is 21.0 Å². The van der Waals surface area contributed by atoms with Crippen LogP contribution >= 0.6 is 0 Å². The number of hydrogen-bond donors (Lipinski definition) is 1. The number of aromatic hydroxyl groups is 1. The first-order valence-corrected chi connectivity index (χ1v) is 8.28. The second-order valence-corrected chi connectivity index (χ2v) is 6.51. The van der Waals surface area contributed by atoms with Gasteiger partial charge in [0.1, 0.15) is 22.9 Å². The highest BCUT2D eigenvalue weighted by atomic mass is 32.2. The number of fused-ring (bicyclic) bond motifs is 1. The van der Waals surface area contributed by atoms with Crippen molar-refractivity contribution in [1.29, 1.82) is 0 Å². The molecule has 5 nitrogen and oxygen atoms in total. The van der Waals surface area contributed by atoms with Crippen LogP contribution in [-0.2, 0) is 17.2 Å². The lowest BCUT2D eigenvalue weighted by molar-refractivity contribution is -0.644. The summed E-state index contributed by atoms with van der Waals surface area (Å²) in [6, 6.07) is 15.1. The molecule has 0 fully saturated rings. The van der Waals surface area contributed by atoms with Gasteiger partial charge in [-0.15, -0.1) is 0 Å². The Bertz CT molecular complexity index is 919. The maximum Gasteiger partial charge on any atom is 0.212 e. The van der Waals surface area contributed by atoms with Gasteiger partial charge in [0.2, 0.25) is 5.52 Å². The van der Waals surface area contributed by atoms with Gasteiger partial charge in [-0.25, -0.2) is 13.0 Å². The lowest BCUT2D eigenvalue weighted by Gasteiger charge is -2.05. The van der Waals surface area contributed by atoms with Crippen LogP contribution in [-0.4, -0.2) is 18.1 Å². The van der Waals surface area contributed by atoms with E-state index in [-0.39, 0.29) is 4.90 Å². The SMILES string of the molecule is C[n+]1cccc2cc(O)ccc21.Cc1ccc(S(=O)(=O)[O-])cc1. The molecule has 6 heteroatoms. The fourth-order valence-electron chi connectivity index (χ4n) is 2.06. The van der Waals surface area contributed by atoms with Crippen LogP contribution in [0.25, 0.3) is 10.9 Å². The van der Waals surface area contributed by atoms with Gasteiger partial charge in [0.25, 0.3) is 0 Å². The third kappa shape index (κ3) is 4.51. The summed E-state index contributed by atoms with van der Waals surface area (Å²) in [5.74, 6) is 0.314. The number of phenols is 1. The van der Waals surface area contributed by atoms with E-state index in [1.165, 1.54) is 12.1 Å². The van der Waals surface area contributed by atoms with Crippen LogP contribution in [0.5, 0.6) is 5.75 Å². The second-order valence-electron chi connectivity index (χ2n) is 5.13. The van der Waals surface area contributed by atoms with E-state index >= 15 is 0 Å². The maximum absolute atomic E-state index is 10.4. The molecular weight excluding hydrogens is 314 g/mol. The molecule has 0 bridgehead atoms. The number of rotatable bonds is 1. The van der Waals surface area contributed by atoms with Gasteiger partial charge >= 0.3 is 0 Å². The van der Waals surface area contributed by atoms with E-state index in [1.54, 1.807) is 24.3 Å². The van der Waals surface area contributed by atoms with Gasteiger partial charge < -0.3 is 9.66 Å². The highest BCUT2D eigenvalue weighted by Gasteiger charge is 2.02. The predicted molar refractivity (Wildman–Crippen MR) is 85.9 cm³/mol. The minimum absolute atomic E-state index is 0.178. The average Bonchev–Trinajstić information content (AvgIpc) is 2.47. The Hall–Kier alpha value is -2.44. The summed E-state index contributed by atoms with van der Waals surface area (Å²) in [4.78, 5) is -0.178. The molecule has 0 amide bonds. The van der Waals surface area contributed by atoms with E-state index in [0.29, 0.717) is 5.75 Å². The Labute approximate surface area is 135 Å². The molecule has 3 rings (SSSR count). The molecule has 0 unspecified atom stereocenters. The first-order valence-electron chi connectivity index (χ1n) is 6.87. The average molecular weight is 331 g/mol. The molecule has 0 aliphatic rings. The Kier molecular flexibility index (Phi) is 4.98. The topological polar surface area (TPSA) is 81.3 Å². The number of aromatic nitrogens is 1. The fraction of sp³-hybridized carbons (Fsp3) is 0.118. The predicted octanol–water partition coefficient (Wildman–Crippen LogP) is 2.27. The van der Waals surface area contributed by atoms with E-state index in [1.807, 2.05) is 42.9 Å². The Morgan fingerprint density at radius 2 is 1.70 bits per heavy atom. The number of hydrogen-bond acceptors (Lipinski definition) is 4. The molecule has 120 valence electrons. The van der Waals surface area contributed by atoms with E-state index in [4.69, 9.17) is 0 Å². The van der Waals surface area contributed by atoms with Crippen LogP contribution in [0.15, 0.2) is 65.7 Å². The molecule has 1 heterocycles. The zero-order valence-electron chi connectivity index (χ0n) is 12.8. The molecule has 0 aliphatic heterocycles. The molecule has 0 spiro atoms. The zero-order chi connectivity index (χ0) is 17.0. The minimum atomic E-state index is -4.27. The third-order valence-corrected chi connectivity index (χ3v) is 4.14. The highest BCUT2D eigenvalue weighted by molar-refractivity contribution is 7.85. The van der Waals surface area contributed by atoms with Crippen molar-refractivity contribution in [3.05, 3.63) is 66.4 Å². The largest absolute Gasteiger partial charge is 0.744 e. The van der Waals surface area contributed by atoms with Gasteiger partial charge in [-0.05, 0) is 37.3 Å². The highest BCUT2D eigenvalue weighted by Crippen LogP contribution is 2.15. The van der Waals surface area contributed by atoms with Crippen LogP contribution in [0.4, 0.5) is 0 Å². The number of aryl methyl sites for hydroxylation is 2. The standard InChI is InChI=1S/C10H9NO.C7H8O3S/c1-11-6-2-3-8-7-9(12)4-5-10(8)11;1-6-2-4-7(5-3-6)11(8,9)10/h2-7H,1H3;2-5H,1H3,(H,8,9,10).